The molecule has 2 aromatic rings. The van der Waals surface area contributed by atoms with Gasteiger partial charge in [0.25, 0.3) is 5.91 Å². The highest BCUT2D eigenvalue weighted by molar-refractivity contribution is 6.32. The molecule has 0 aromatic heterocycles. The Morgan fingerprint density at radius 1 is 1.07 bits per heavy atom. The number of hydrogen-bond acceptors (Lipinski definition) is 3. The first-order valence-electron chi connectivity index (χ1n) is 9.93. The third kappa shape index (κ3) is 7.09. The van der Waals surface area contributed by atoms with Crippen LogP contribution in [0.1, 0.15) is 32.8 Å². The van der Waals surface area contributed by atoms with E-state index in [-0.39, 0.29) is 24.5 Å². The van der Waals surface area contributed by atoms with Crippen molar-refractivity contribution in [2.24, 2.45) is 0 Å². The standard InChI is InChI=1S/C23H29ClN2O3/c1-4-17(2)25-23(28)18(3)26(15-14-19-10-6-5-7-11-19)22(27)16-29-21-13-9-8-12-20(21)24/h5-13,17-18H,4,14-16H2,1-3H3,(H,25,28). The van der Waals surface area contributed by atoms with E-state index in [0.29, 0.717) is 23.7 Å². The second kappa shape index (κ2) is 11.5. The Morgan fingerprint density at radius 2 is 1.72 bits per heavy atom. The minimum atomic E-state index is -0.602. The monoisotopic (exact) mass is 416 g/mol. The van der Waals surface area contributed by atoms with Gasteiger partial charge in [0.05, 0.1) is 5.02 Å². The Kier molecular flexibility index (Phi) is 9.00. The number of ether oxygens (including phenoxy) is 1. The minimum Gasteiger partial charge on any atom is -0.482 e. The third-order valence-electron chi connectivity index (χ3n) is 4.84. The molecule has 156 valence electrons. The van der Waals surface area contributed by atoms with Crippen LogP contribution in [0.4, 0.5) is 0 Å². The van der Waals surface area contributed by atoms with Crippen LogP contribution in [0.3, 0.4) is 0 Å². The van der Waals surface area contributed by atoms with Crippen molar-refractivity contribution in [3.8, 4) is 5.75 Å². The van der Waals surface area contributed by atoms with Gasteiger partial charge in [-0.05, 0) is 44.4 Å². The molecule has 0 saturated heterocycles. The lowest BCUT2D eigenvalue weighted by atomic mass is 10.1. The Labute approximate surface area is 178 Å². The molecule has 1 N–H and O–H groups in total. The van der Waals surface area contributed by atoms with Crippen LogP contribution in [0.2, 0.25) is 5.02 Å². The van der Waals surface area contributed by atoms with Gasteiger partial charge in [0, 0.05) is 12.6 Å². The number of benzene rings is 2. The summed E-state index contributed by atoms with van der Waals surface area (Å²) in [5, 5.41) is 3.39. The van der Waals surface area contributed by atoms with Crippen molar-refractivity contribution in [3.05, 3.63) is 65.2 Å². The van der Waals surface area contributed by atoms with E-state index < -0.39 is 6.04 Å². The van der Waals surface area contributed by atoms with Gasteiger partial charge in [-0.3, -0.25) is 9.59 Å². The first-order valence-corrected chi connectivity index (χ1v) is 10.3. The summed E-state index contributed by atoms with van der Waals surface area (Å²) in [7, 11) is 0. The van der Waals surface area contributed by atoms with Crippen molar-refractivity contribution in [1.82, 2.24) is 10.2 Å². The van der Waals surface area contributed by atoms with Gasteiger partial charge >= 0.3 is 0 Å². The summed E-state index contributed by atoms with van der Waals surface area (Å²) >= 11 is 6.10. The van der Waals surface area contributed by atoms with Crippen molar-refractivity contribution < 1.29 is 14.3 Å². The third-order valence-corrected chi connectivity index (χ3v) is 5.15. The van der Waals surface area contributed by atoms with Gasteiger partial charge in [0.1, 0.15) is 11.8 Å². The summed E-state index contributed by atoms with van der Waals surface area (Å²) in [6.07, 6.45) is 1.48. The van der Waals surface area contributed by atoms with E-state index in [9.17, 15) is 9.59 Å². The molecule has 5 nitrogen and oxygen atoms in total. The van der Waals surface area contributed by atoms with Crippen LogP contribution in [0.15, 0.2) is 54.6 Å². The molecule has 0 radical (unpaired) electrons. The van der Waals surface area contributed by atoms with Gasteiger partial charge in [-0.25, -0.2) is 0 Å². The number of halogens is 1. The Bertz CT molecular complexity index is 798. The average Bonchev–Trinajstić information content (AvgIpc) is 2.73. The number of amides is 2. The van der Waals surface area contributed by atoms with Crippen molar-refractivity contribution >= 4 is 23.4 Å². The van der Waals surface area contributed by atoms with E-state index in [0.717, 1.165) is 12.0 Å². The number of carbonyl (C=O) groups is 2. The van der Waals surface area contributed by atoms with Crippen LogP contribution in [0, 0.1) is 0 Å². The fourth-order valence-corrected chi connectivity index (χ4v) is 3.01. The highest BCUT2D eigenvalue weighted by Crippen LogP contribution is 2.23. The van der Waals surface area contributed by atoms with Gasteiger partial charge in [-0.1, -0.05) is 61.0 Å². The summed E-state index contributed by atoms with van der Waals surface area (Å²) in [5.74, 6) is 0.0217. The second-order valence-electron chi connectivity index (χ2n) is 7.04. The van der Waals surface area contributed by atoms with E-state index in [4.69, 9.17) is 16.3 Å². The lowest BCUT2D eigenvalue weighted by Gasteiger charge is -2.29. The summed E-state index contributed by atoms with van der Waals surface area (Å²) in [6.45, 7) is 5.94. The molecule has 0 aliphatic carbocycles. The zero-order chi connectivity index (χ0) is 21.2. The van der Waals surface area contributed by atoms with Gasteiger partial charge in [0.15, 0.2) is 6.61 Å². The minimum absolute atomic E-state index is 0.0513. The molecular weight excluding hydrogens is 388 g/mol. The average molecular weight is 417 g/mol. The fourth-order valence-electron chi connectivity index (χ4n) is 2.82. The Hall–Kier alpha value is -2.53. The summed E-state index contributed by atoms with van der Waals surface area (Å²) in [5.41, 5.74) is 1.10. The predicted octanol–water partition coefficient (Wildman–Crippen LogP) is 4.09. The van der Waals surface area contributed by atoms with Crippen LogP contribution < -0.4 is 10.1 Å². The lowest BCUT2D eigenvalue weighted by Crippen LogP contribution is -2.51. The van der Waals surface area contributed by atoms with Crippen molar-refractivity contribution in [2.45, 2.75) is 45.7 Å². The van der Waals surface area contributed by atoms with Crippen molar-refractivity contribution in [2.75, 3.05) is 13.2 Å². The van der Waals surface area contributed by atoms with Crippen LogP contribution >= 0.6 is 11.6 Å². The summed E-state index contributed by atoms with van der Waals surface area (Å²) in [4.78, 5) is 27.1. The molecule has 0 fully saturated rings. The van der Waals surface area contributed by atoms with E-state index in [1.165, 1.54) is 0 Å². The van der Waals surface area contributed by atoms with Crippen LogP contribution in [-0.4, -0.2) is 41.9 Å². The summed E-state index contributed by atoms with van der Waals surface area (Å²) < 4.78 is 5.61. The fraction of sp³-hybridized carbons (Fsp3) is 0.391. The second-order valence-corrected chi connectivity index (χ2v) is 7.44. The molecule has 0 aliphatic rings. The molecule has 29 heavy (non-hydrogen) atoms. The van der Waals surface area contributed by atoms with Gasteiger partial charge in [-0.2, -0.15) is 0 Å². The number of para-hydroxylation sites is 1. The largest absolute Gasteiger partial charge is 0.482 e. The highest BCUT2D eigenvalue weighted by Gasteiger charge is 2.26. The molecule has 2 unspecified atom stereocenters. The molecule has 0 bridgehead atoms. The maximum absolute atomic E-state index is 12.9. The number of rotatable bonds is 10. The number of nitrogens with one attached hydrogen (secondary N) is 1. The molecule has 2 amide bonds. The van der Waals surface area contributed by atoms with Crippen LogP contribution in [0.25, 0.3) is 0 Å². The first-order chi connectivity index (χ1) is 13.9. The molecule has 2 rings (SSSR count). The molecule has 0 aliphatic heterocycles. The van der Waals surface area contributed by atoms with Crippen molar-refractivity contribution in [1.29, 1.82) is 0 Å². The quantitative estimate of drug-likeness (QED) is 0.634. The first kappa shape index (κ1) is 22.8. The normalized spacial score (nSPS) is 12.7. The molecule has 0 heterocycles. The Morgan fingerprint density at radius 3 is 2.38 bits per heavy atom. The van der Waals surface area contributed by atoms with Crippen LogP contribution in [0.5, 0.6) is 5.75 Å². The number of hydrogen-bond donors (Lipinski definition) is 1. The van der Waals surface area contributed by atoms with Gasteiger partial charge < -0.3 is 15.0 Å². The molecule has 2 atom stereocenters. The van der Waals surface area contributed by atoms with Gasteiger partial charge in [-0.15, -0.1) is 0 Å². The number of nitrogens with zero attached hydrogens (tertiary/aromatic N) is 1. The van der Waals surface area contributed by atoms with E-state index >= 15 is 0 Å². The smallest absolute Gasteiger partial charge is 0.261 e. The topological polar surface area (TPSA) is 58.6 Å². The lowest BCUT2D eigenvalue weighted by molar-refractivity contribution is -0.141. The predicted molar refractivity (Wildman–Crippen MR) is 116 cm³/mol. The molecule has 0 saturated carbocycles. The maximum Gasteiger partial charge on any atom is 0.261 e. The molecule has 0 spiro atoms. The van der Waals surface area contributed by atoms with E-state index in [1.54, 1.807) is 36.1 Å². The highest BCUT2D eigenvalue weighted by atomic mass is 35.5. The zero-order valence-electron chi connectivity index (χ0n) is 17.2. The maximum atomic E-state index is 12.9. The molecule has 2 aromatic carbocycles. The summed E-state index contributed by atoms with van der Waals surface area (Å²) in [6, 6.07) is 16.3. The van der Waals surface area contributed by atoms with E-state index in [1.807, 2.05) is 44.2 Å². The Balaban J connectivity index is 2.08. The van der Waals surface area contributed by atoms with E-state index in [2.05, 4.69) is 5.32 Å². The SMILES string of the molecule is CCC(C)NC(=O)C(C)N(CCc1ccccc1)C(=O)COc1ccccc1Cl. The number of carbonyl (C=O) groups excluding carboxylic acids is 2. The van der Waals surface area contributed by atoms with Gasteiger partial charge in [0.2, 0.25) is 5.91 Å². The zero-order valence-corrected chi connectivity index (χ0v) is 18.0. The van der Waals surface area contributed by atoms with Crippen molar-refractivity contribution in [3.63, 3.8) is 0 Å². The molecule has 6 heteroatoms. The molecular formula is C23H29ClN2O3. The van der Waals surface area contributed by atoms with Crippen LogP contribution in [-0.2, 0) is 16.0 Å².